The topological polar surface area (TPSA) is 17.4 Å². The normalized spacial score (nSPS) is 20.3. The van der Waals surface area contributed by atoms with E-state index in [1.54, 1.807) is 0 Å². The quantitative estimate of drug-likeness (QED) is 0.691. The molecule has 1 fully saturated rings. The molecular formula is C16H15F3N2O. The molecule has 116 valence electrons. The van der Waals surface area contributed by atoms with Gasteiger partial charge in [0.15, 0.2) is 5.60 Å². The zero-order valence-corrected chi connectivity index (χ0v) is 11.8. The van der Waals surface area contributed by atoms with Gasteiger partial charge in [0, 0.05) is 32.1 Å². The van der Waals surface area contributed by atoms with Crippen LogP contribution in [0.4, 0.5) is 13.2 Å². The van der Waals surface area contributed by atoms with Gasteiger partial charge in [0.2, 0.25) is 0 Å². The van der Waals surface area contributed by atoms with Gasteiger partial charge in [-0.15, -0.1) is 0 Å². The van der Waals surface area contributed by atoms with Gasteiger partial charge in [0.05, 0.1) is 11.4 Å². The molecule has 3 nitrogen and oxygen atoms in total. The van der Waals surface area contributed by atoms with Crippen LogP contribution in [0.2, 0.25) is 0 Å². The van der Waals surface area contributed by atoms with Gasteiger partial charge in [0.25, 0.3) is 0 Å². The van der Waals surface area contributed by atoms with Crippen LogP contribution in [0.3, 0.4) is 0 Å². The Kier molecular flexibility index (Phi) is 2.81. The van der Waals surface area contributed by atoms with E-state index in [1.807, 2.05) is 47.2 Å². The number of ether oxygens (including phenoxy) is 1. The van der Waals surface area contributed by atoms with Crippen molar-refractivity contribution in [2.24, 2.45) is 0 Å². The Labute approximate surface area is 125 Å². The summed E-state index contributed by atoms with van der Waals surface area (Å²) in [5.74, 6) is 0.728. The zero-order chi connectivity index (χ0) is 15.4. The molecule has 2 aliphatic heterocycles. The number of halogens is 3. The van der Waals surface area contributed by atoms with Crippen LogP contribution in [0.15, 0.2) is 42.6 Å². The summed E-state index contributed by atoms with van der Waals surface area (Å²) < 4.78 is 46.8. The number of aromatic nitrogens is 1. The Hall–Kier alpha value is -1.95. The van der Waals surface area contributed by atoms with Crippen molar-refractivity contribution >= 4 is 0 Å². The summed E-state index contributed by atoms with van der Waals surface area (Å²) in [6.07, 6.45) is -1.68. The predicted molar refractivity (Wildman–Crippen MR) is 74.9 cm³/mol. The van der Waals surface area contributed by atoms with Gasteiger partial charge in [-0.3, -0.25) is 0 Å². The molecule has 0 saturated carbocycles. The van der Waals surface area contributed by atoms with Gasteiger partial charge in [-0.1, -0.05) is 12.1 Å². The minimum Gasteiger partial charge on any atom is -0.479 e. The van der Waals surface area contributed by atoms with Crippen molar-refractivity contribution in [2.45, 2.75) is 24.7 Å². The number of fused-ring (bicyclic) bond motifs is 4. The van der Waals surface area contributed by atoms with E-state index >= 15 is 0 Å². The van der Waals surface area contributed by atoms with E-state index < -0.39 is 11.9 Å². The molecule has 22 heavy (non-hydrogen) atoms. The number of hydrogen-bond donors (Lipinski definition) is 0. The second-order valence-corrected chi connectivity index (χ2v) is 5.78. The van der Waals surface area contributed by atoms with Crippen molar-refractivity contribution in [3.63, 3.8) is 0 Å². The van der Waals surface area contributed by atoms with E-state index in [-0.39, 0.29) is 13.1 Å². The highest BCUT2D eigenvalue weighted by molar-refractivity contribution is 5.52. The molecule has 0 amide bonds. The number of alkyl halides is 3. The summed E-state index contributed by atoms with van der Waals surface area (Å²) in [7, 11) is 0. The standard InChI is InChI=1S/C16H15F3N2O/c17-16(18,19)20-10-7-15(8-11-20)14-6-3-9-21(14)12-4-1-2-5-13(12)22-15/h1-6,9H,7-8,10-11H2. The highest BCUT2D eigenvalue weighted by Gasteiger charge is 2.48. The van der Waals surface area contributed by atoms with Gasteiger partial charge in [-0.2, -0.15) is 13.2 Å². The van der Waals surface area contributed by atoms with Crippen LogP contribution in [0.25, 0.3) is 5.69 Å². The zero-order valence-electron chi connectivity index (χ0n) is 11.8. The van der Waals surface area contributed by atoms with E-state index in [0.29, 0.717) is 17.7 Å². The molecule has 2 aromatic rings. The van der Waals surface area contributed by atoms with Crippen molar-refractivity contribution in [2.75, 3.05) is 13.1 Å². The lowest BCUT2D eigenvalue weighted by molar-refractivity contribution is -0.258. The van der Waals surface area contributed by atoms with Gasteiger partial charge in [-0.05, 0) is 24.3 Å². The summed E-state index contributed by atoms with van der Waals surface area (Å²) in [5.41, 5.74) is 1.21. The Morgan fingerprint density at radius 3 is 2.45 bits per heavy atom. The third-order valence-electron chi connectivity index (χ3n) is 4.58. The maximum absolute atomic E-state index is 12.9. The van der Waals surface area contributed by atoms with Crippen LogP contribution in [0.1, 0.15) is 18.5 Å². The van der Waals surface area contributed by atoms with Crippen molar-refractivity contribution in [1.29, 1.82) is 0 Å². The second kappa shape index (κ2) is 4.52. The summed E-state index contributed by atoms with van der Waals surface area (Å²) in [6.45, 7) is -0.0896. The Balaban J connectivity index is 1.71. The largest absolute Gasteiger partial charge is 0.479 e. The second-order valence-electron chi connectivity index (χ2n) is 5.78. The first-order valence-corrected chi connectivity index (χ1v) is 7.28. The van der Waals surface area contributed by atoms with Crippen LogP contribution in [0.5, 0.6) is 5.75 Å². The monoisotopic (exact) mass is 308 g/mol. The number of piperidine rings is 1. The fourth-order valence-electron chi connectivity index (χ4n) is 3.45. The summed E-state index contributed by atoms with van der Waals surface area (Å²) in [6, 6.07) is 11.5. The molecule has 0 radical (unpaired) electrons. The fourth-order valence-corrected chi connectivity index (χ4v) is 3.45. The van der Waals surface area contributed by atoms with Crippen LogP contribution in [0, 0.1) is 0 Å². The van der Waals surface area contributed by atoms with E-state index in [4.69, 9.17) is 4.74 Å². The molecule has 4 rings (SSSR count). The minimum absolute atomic E-state index is 0.0448. The lowest BCUT2D eigenvalue weighted by atomic mass is 9.86. The van der Waals surface area contributed by atoms with E-state index in [0.717, 1.165) is 17.1 Å². The third kappa shape index (κ3) is 1.94. The number of para-hydroxylation sites is 2. The first kappa shape index (κ1) is 13.7. The molecule has 1 saturated heterocycles. The Morgan fingerprint density at radius 1 is 1.00 bits per heavy atom. The number of hydrogen-bond acceptors (Lipinski definition) is 2. The SMILES string of the molecule is FC(F)(F)N1CCC2(CC1)Oc1ccccc1-n1cccc12. The number of nitrogens with zero attached hydrogens (tertiary/aromatic N) is 2. The summed E-state index contributed by atoms with van der Waals surface area (Å²) in [5, 5.41) is 0. The van der Waals surface area contributed by atoms with Crippen molar-refractivity contribution in [3.05, 3.63) is 48.3 Å². The molecular weight excluding hydrogens is 293 g/mol. The van der Waals surface area contributed by atoms with E-state index in [2.05, 4.69) is 0 Å². The third-order valence-corrected chi connectivity index (χ3v) is 4.58. The minimum atomic E-state index is -4.27. The summed E-state index contributed by atoms with van der Waals surface area (Å²) >= 11 is 0. The molecule has 0 N–H and O–H groups in total. The molecule has 1 aromatic heterocycles. The molecule has 6 heteroatoms. The molecule has 2 aliphatic rings. The van der Waals surface area contributed by atoms with Crippen LogP contribution in [-0.2, 0) is 5.60 Å². The summed E-state index contributed by atoms with van der Waals surface area (Å²) in [4.78, 5) is 0.565. The highest BCUT2D eigenvalue weighted by Crippen LogP contribution is 2.45. The number of rotatable bonds is 0. The first-order chi connectivity index (χ1) is 10.5. The number of benzene rings is 1. The highest BCUT2D eigenvalue weighted by atomic mass is 19.4. The van der Waals surface area contributed by atoms with Crippen molar-refractivity contribution < 1.29 is 17.9 Å². The average molecular weight is 308 g/mol. The van der Waals surface area contributed by atoms with Gasteiger partial charge < -0.3 is 9.30 Å². The van der Waals surface area contributed by atoms with Gasteiger partial charge in [0.1, 0.15) is 5.75 Å². The van der Waals surface area contributed by atoms with E-state index in [1.165, 1.54) is 0 Å². The first-order valence-electron chi connectivity index (χ1n) is 7.28. The molecule has 0 aliphatic carbocycles. The lowest BCUT2D eigenvalue weighted by Crippen LogP contribution is -2.52. The smallest absolute Gasteiger partial charge is 0.459 e. The lowest BCUT2D eigenvalue weighted by Gasteiger charge is -2.45. The molecule has 0 unspecified atom stereocenters. The van der Waals surface area contributed by atoms with Gasteiger partial charge >= 0.3 is 6.30 Å². The molecule has 0 atom stereocenters. The van der Waals surface area contributed by atoms with Crippen molar-refractivity contribution in [3.8, 4) is 11.4 Å². The average Bonchev–Trinajstić information content (AvgIpc) is 2.98. The molecule has 1 spiro atoms. The van der Waals surface area contributed by atoms with Crippen LogP contribution < -0.4 is 4.74 Å². The molecule has 3 heterocycles. The maximum atomic E-state index is 12.9. The van der Waals surface area contributed by atoms with E-state index in [9.17, 15) is 13.2 Å². The van der Waals surface area contributed by atoms with Gasteiger partial charge in [-0.25, -0.2) is 4.90 Å². The maximum Gasteiger partial charge on any atom is 0.459 e. The Bertz CT molecular complexity index is 699. The predicted octanol–water partition coefficient (Wildman–Crippen LogP) is 3.68. The van der Waals surface area contributed by atoms with Crippen LogP contribution >= 0.6 is 0 Å². The Morgan fingerprint density at radius 2 is 1.73 bits per heavy atom. The molecule has 1 aromatic carbocycles. The van der Waals surface area contributed by atoms with Crippen molar-refractivity contribution in [1.82, 2.24) is 9.47 Å². The molecule has 0 bridgehead atoms. The number of likely N-dealkylation sites (tertiary alicyclic amines) is 1. The van der Waals surface area contributed by atoms with Crippen LogP contribution in [-0.4, -0.2) is 28.9 Å². The fraction of sp³-hybridized carbons (Fsp3) is 0.375.